The SMILES string of the molecule is C.C.C.C.I.[CH2-]C.[I][V][I]. The van der Waals surface area contributed by atoms with E-state index in [2.05, 4.69) is 46.9 Å². The zero-order valence-electron chi connectivity index (χ0n) is 3.32. The van der Waals surface area contributed by atoms with Crippen molar-refractivity contribution in [3.63, 3.8) is 0 Å². The van der Waals surface area contributed by atoms with E-state index < -0.39 is 0 Å². The van der Waals surface area contributed by atoms with Crippen molar-refractivity contribution in [3.8, 4) is 0 Å². The monoisotopic (exact) mass is 526 g/mol. The van der Waals surface area contributed by atoms with Crippen LogP contribution in [0.3, 0.4) is 0 Å². The molecule has 0 N–H and O–H groups in total. The Bertz CT molecular complexity index is 13.0. The average Bonchev–Trinajstić information content (AvgIpc) is 1.46. The van der Waals surface area contributed by atoms with Crippen LogP contribution in [0.2, 0.25) is 0 Å². The normalized spacial score (nSPS) is 2.00. The third-order valence-corrected chi connectivity index (χ3v) is 0. The van der Waals surface area contributed by atoms with Crippen LogP contribution in [0.4, 0.5) is 0 Å². The second kappa shape index (κ2) is 95.9. The van der Waals surface area contributed by atoms with Gasteiger partial charge < -0.3 is 6.92 Å². The molecule has 0 nitrogen and oxygen atoms in total. The van der Waals surface area contributed by atoms with Crippen LogP contribution in [-0.4, -0.2) is 0 Å². The fraction of sp³-hybridized carbons (Fsp3) is 0.833. The summed E-state index contributed by atoms with van der Waals surface area (Å²) in [4.78, 5) is 0. The van der Waals surface area contributed by atoms with Gasteiger partial charge in [0, 0.05) is 0 Å². The molecule has 73 valence electrons. The Balaban J connectivity index is -0.00000000246. The number of hydrogen-bond donors (Lipinski definition) is 0. The summed E-state index contributed by atoms with van der Waals surface area (Å²) in [5.41, 5.74) is 0. The average molecular weight is 526 g/mol. The van der Waals surface area contributed by atoms with E-state index in [1.165, 1.54) is 0 Å². The summed E-state index contributed by atoms with van der Waals surface area (Å²) in [7, 11) is 0.628. The molecule has 10 heavy (non-hydrogen) atoms. The van der Waals surface area contributed by atoms with Crippen molar-refractivity contribution in [2.75, 3.05) is 0 Å². The number of halogens is 3. The van der Waals surface area contributed by atoms with Gasteiger partial charge in [-0.3, -0.25) is 0 Å². The van der Waals surface area contributed by atoms with Crippen LogP contribution in [0.15, 0.2) is 0 Å². The molecule has 0 saturated carbocycles. The zero-order chi connectivity index (χ0) is 4.71. The molecule has 0 spiro atoms. The molecule has 0 radical (unpaired) electrons. The predicted octanol–water partition coefficient (Wildman–Crippen LogP) is 5.77. The molecule has 0 aliphatic heterocycles. The molecule has 0 aliphatic rings. The Labute approximate surface area is 115 Å². The van der Waals surface area contributed by atoms with Crippen molar-refractivity contribution in [2.45, 2.75) is 36.6 Å². The van der Waals surface area contributed by atoms with Crippen LogP contribution in [0, 0.1) is 6.92 Å². The Hall–Kier alpha value is 2.77. The van der Waals surface area contributed by atoms with Gasteiger partial charge in [-0.2, -0.15) is 6.92 Å². The van der Waals surface area contributed by atoms with Gasteiger partial charge in [0.25, 0.3) is 0 Å². The van der Waals surface area contributed by atoms with Gasteiger partial charge in [-0.15, -0.1) is 24.0 Å². The van der Waals surface area contributed by atoms with E-state index in [9.17, 15) is 0 Å². The number of hydrogen-bond acceptors (Lipinski definition) is 0. The van der Waals surface area contributed by atoms with E-state index in [0.717, 1.165) is 0 Å². The van der Waals surface area contributed by atoms with Crippen molar-refractivity contribution in [1.29, 1.82) is 0 Å². The molecule has 0 fully saturated rings. The number of rotatable bonds is 0. The van der Waals surface area contributed by atoms with Crippen LogP contribution < -0.4 is 0 Å². The second-order valence-corrected chi connectivity index (χ2v) is 11.9. The van der Waals surface area contributed by atoms with Crippen LogP contribution in [0.25, 0.3) is 0 Å². The standard InChI is InChI=1S/C2H5.4CH4.3HI.V/c1-2;;;;;;;;/h1H2,2H3;4*1H4;3*1H;/q-1;;;;;;;;+2/p-2. The third kappa shape index (κ3) is 134. The second-order valence-electron chi connectivity index (χ2n) is 0.0639. The van der Waals surface area contributed by atoms with Crippen LogP contribution in [0.1, 0.15) is 36.6 Å². The summed E-state index contributed by atoms with van der Waals surface area (Å²) < 4.78 is 0. The molecule has 0 saturated heterocycles. The van der Waals surface area contributed by atoms with Crippen molar-refractivity contribution in [2.24, 2.45) is 0 Å². The summed E-state index contributed by atoms with van der Waals surface area (Å²) >= 11 is 4.74. The Kier molecular flexibility index (Phi) is 510. The fourth-order valence-corrected chi connectivity index (χ4v) is 0. The molecular weight excluding hydrogens is 504 g/mol. The summed E-state index contributed by atoms with van der Waals surface area (Å²) in [5, 5.41) is 0. The first-order valence-electron chi connectivity index (χ1n) is 1.05. The van der Waals surface area contributed by atoms with Gasteiger partial charge in [0.05, 0.1) is 0 Å². The molecule has 0 atom stereocenters. The fourth-order valence-electron chi connectivity index (χ4n) is 0. The molecular formula is C6H22I3V-. The molecule has 0 unspecified atom stereocenters. The summed E-state index contributed by atoms with van der Waals surface area (Å²) in [6.07, 6.45) is 0. The van der Waals surface area contributed by atoms with E-state index in [1.54, 1.807) is 6.92 Å². The van der Waals surface area contributed by atoms with Gasteiger partial charge >= 0.3 is 49.4 Å². The van der Waals surface area contributed by atoms with Crippen molar-refractivity contribution < 1.29 is 9.47 Å². The van der Waals surface area contributed by atoms with E-state index in [0.29, 0.717) is 9.47 Å². The van der Waals surface area contributed by atoms with E-state index in [-0.39, 0.29) is 53.7 Å². The van der Waals surface area contributed by atoms with Gasteiger partial charge in [0.2, 0.25) is 0 Å². The summed E-state index contributed by atoms with van der Waals surface area (Å²) in [6.45, 7) is 5.00. The van der Waals surface area contributed by atoms with Crippen LogP contribution >= 0.6 is 63.9 Å². The minimum atomic E-state index is 0. The molecule has 0 aromatic rings. The topological polar surface area (TPSA) is 0 Å². The molecule has 0 heterocycles. The minimum absolute atomic E-state index is 0. The zero-order valence-corrected chi connectivity index (χ0v) is 11.4. The van der Waals surface area contributed by atoms with E-state index in [1.807, 2.05) is 0 Å². The third-order valence-electron chi connectivity index (χ3n) is 0. The van der Waals surface area contributed by atoms with Crippen molar-refractivity contribution >= 4 is 63.9 Å². The molecule has 0 aromatic carbocycles. The molecule has 0 aromatic heterocycles. The summed E-state index contributed by atoms with van der Waals surface area (Å²) in [5.74, 6) is 0. The van der Waals surface area contributed by atoms with Gasteiger partial charge in [-0.1, -0.05) is 29.7 Å². The summed E-state index contributed by atoms with van der Waals surface area (Å²) in [6, 6.07) is 0. The predicted molar refractivity (Wildman–Crippen MR) is 81.4 cm³/mol. The van der Waals surface area contributed by atoms with Gasteiger partial charge in [0.1, 0.15) is 0 Å². The van der Waals surface area contributed by atoms with E-state index >= 15 is 0 Å². The first-order valence-corrected chi connectivity index (χ1v) is 10.1. The first-order chi connectivity index (χ1) is 2.41. The van der Waals surface area contributed by atoms with Gasteiger partial charge in [-0.05, 0) is 0 Å². The molecule has 4 heteroatoms. The molecule has 0 aliphatic carbocycles. The quantitative estimate of drug-likeness (QED) is 0.278. The van der Waals surface area contributed by atoms with Crippen LogP contribution in [0.5, 0.6) is 0 Å². The van der Waals surface area contributed by atoms with E-state index in [4.69, 9.17) is 0 Å². The van der Waals surface area contributed by atoms with Crippen molar-refractivity contribution in [1.82, 2.24) is 0 Å². The Morgan fingerprint density at radius 2 is 0.900 bits per heavy atom. The Morgan fingerprint density at radius 3 is 0.900 bits per heavy atom. The maximum atomic E-state index is 3.25. The van der Waals surface area contributed by atoms with Gasteiger partial charge in [-0.25, -0.2) is 0 Å². The molecule has 0 amide bonds. The van der Waals surface area contributed by atoms with Gasteiger partial charge in [0.15, 0.2) is 0 Å². The van der Waals surface area contributed by atoms with Crippen LogP contribution in [-0.2, 0) is 9.47 Å². The molecule has 0 rings (SSSR count). The molecule has 0 bridgehead atoms. The van der Waals surface area contributed by atoms with Crippen molar-refractivity contribution in [3.05, 3.63) is 6.92 Å². The Morgan fingerprint density at radius 1 is 0.900 bits per heavy atom. The first kappa shape index (κ1) is 53.1. The maximum absolute atomic E-state index is 3.25.